The molecule has 0 aliphatic carbocycles. The third-order valence-corrected chi connectivity index (χ3v) is 3.61. The topological polar surface area (TPSA) is 85.8 Å². The van der Waals surface area contributed by atoms with E-state index in [0.29, 0.717) is 25.3 Å². The van der Waals surface area contributed by atoms with Gasteiger partial charge in [0.2, 0.25) is 0 Å². The van der Waals surface area contributed by atoms with Gasteiger partial charge in [0, 0.05) is 24.4 Å². The van der Waals surface area contributed by atoms with E-state index < -0.39 is 11.9 Å². The van der Waals surface area contributed by atoms with Crippen LogP contribution in [0.1, 0.15) is 28.5 Å². The highest BCUT2D eigenvalue weighted by atomic mass is 16.6. The first-order chi connectivity index (χ1) is 10.5. The van der Waals surface area contributed by atoms with Gasteiger partial charge in [0.05, 0.1) is 6.54 Å². The fraction of sp³-hybridized carbons (Fsp3) is 0.400. The Morgan fingerprint density at radius 2 is 2.18 bits per heavy atom. The fourth-order valence-corrected chi connectivity index (χ4v) is 2.41. The minimum atomic E-state index is -0.795. The van der Waals surface area contributed by atoms with Gasteiger partial charge in [0.25, 0.3) is 0 Å². The van der Waals surface area contributed by atoms with Gasteiger partial charge in [-0.3, -0.25) is 4.98 Å². The molecule has 1 aliphatic rings. The highest BCUT2D eigenvalue weighted by Gasteiger charge is 2.23. The first-order valence-corrected chi connectivity index (χ1v) is 6.99. The van der Waals surface area contributed by atoms with E-state index in [1.165, 1.54) is 0 Å². The number of amides is 1. The fourth-order valence-electron chi connectivity index (χ4n) is 2.41. The summed E-state index contributed by atoms with van der Waals surface area (Å²) in [7, 11) is 0. The van der Waals surface area contributed by atoms with Crippen LogP contribution >= 0.6 is 0 Å². The molecule has 2 aromatic rings. The van der Waals surface area contributed by atoms with Crippen molar-refractivity contribution in [1.82, 2.24) is 9.88 Å². The molecule has 0 atom stereocenters. The van der Waals surface area contributed by atoms with Crippen LogP contribution in [0, 0.1) is 13.8 Å². The minimum Gasteiger partial charge on any atom is -0.441 e. The lowest BCUT2D eigenvalue weighted by Gasteiger charge is -2.27. The van der Waals surface area contributed by atoms with Crippen molar-refractivity contribution in [3.63, 3.8) is 0 Å². The molecule has 3 rings (SSSR count). The van der Waals surface area contributed by atoms with Crippen molar-refractivity contribution in [3.05, 3.63) is 51.2 Å². The number of aryl methyl sites for hydroxylation is 2. The van der Waals surface area contributed by atoms with Crippen molar-refractivity contribution in [2.24, 2.45) is 0 Å². The van der Waals surface area contributed by atoms with Crippen LogP contribution in [0.5, 0.6) is 0 Å². The summed E-state index contributed by atoms with van der Waals surface area (Å²) < 4.78 is 14.7. The Labute approximate surface area is 126 Å². The van der Waals surface area contributed by atoms with Crippen molar-refractivity contribution in [3.8, 4) is 0 Å². The summed E-state index contributed by atoms with van der Waals surface area (Å²) >= 11 is 0. The molecule has 0 unspecified atom stereocenters. The van der Waals surface area contributed by atoms with Crippen molar-refractivity contribution in [1.29, 1.82) is 0 Å². The number of carbonyl (C=O) groups excluding carboxylic acids is 1. The summed E-state index contributed by atoms with van der Waals surface area (Å²) in [6, 6.07) is 3.91. The van der Waals surface area contributed by atoms with Crippen LogP contribution in [-0.4, -0.2) is 22.5 Å². The number of ether oxygens (including phenoxy) is 1. The summed E-state index contributed by atoms with van der Waals surface area (Å²) in [5, 5.41) is 0. The molecule has 0 saturated carbocycles. The Balaban J connectivity index is 1.63. The van der Waals surface area contributed by atoms with E-state index in [-0.39, 0.29) is 12.4 Å². The molecular formula is C15H16N2O5. The van der Waals surface area contributed by atoms with Gasteiger partial charge in [-0.1, -0.05) is 6.07 Å². The lowest BCUT2D eigenvalue weighted by molar-refractivity contribution is 0.0850. The standard InChI is InChI=1S/C15H16N2O5/c1-9-3-4-11-7-17(6-5-12(11)16-9)14(18)20-8-13-10(2)21-15(19)22-13/h3-4H,5-8H2,1-2H3. The Hall–Kier alpha value is -2.57. The summed E-state index contributed by atoms with van der Waals surface area (Å²) in [5.41, 5.74) is 3.03. The van der Waals surface area contributed by atoms with Gasteiger partial charge >= 0.3 is 11.9 Å². The van der Waals surface area contributed by atoms with Gasteiger partial charge in [-0.25, -0.2) is 9.59 Å². The summed E-state index contributed by atoms with van der Waals surface area (Å²) in [5.74, 6) is -0.244. The van der Waals surface area contributed by atoms with Gasteiger partial charge in [-0.05, 0) is 25.5 Å². The molecule has 7 heteroatoms. The van der Waals surface area contributed by atoms with Crippen molar-refractivity contribution >= 4 is 6.09 Å². The number of pyridine rings is 1. The van der Waals surface area contributed by atoms with E-state index in [9.17, 15) is 9.59 Å². The maximum absolute atomic E-state index is 12.1. The quantitative estimate of drug-likeness (QED) is 0.842. The number of aromatic nitrogens is 1. The van der Waals surface area contributed by atoms with Crippen LogP contribution in [0.3, 0.4) is 0 Å². The van der Waals surface area contributed by atoms with Crippen LogP contribution in [0.4, 0.5) is 4.79 Å². The highest BCUT2D eigenvalue weighted by Crippen LogP contribution is 2.18. The summed E-state index contributed by atoms with van der Waals surface area (Å²) in [6.07, 6.45) is 0.251. The minimum absolute atomic E-state index is 0.119. The number of hydrogen-bond donors (Lipinski definition) is 0. The Morgan fingerprint density at radius 3 is 2.91 bits per heavy atom. The van der Waals surface area contributed by atoms with Crippen molar-refractivity contribution in [2.45, 2.75) is 33.4 Å². The predicted octanol–water partition coefficient (Wildman–Crippen LogP) is 1.94. The average Bonchev–Trinajstić information content (AvgIpc) is 2.82. The highest BCUT2D eigenvalue weighted by molar-refractivity contribution is 5.68. The maximum atomic E-state index is 12.1. The van der Waals surface area contributed by atoms with Crippen molar-refractivity contribution < 1.29 is 18.4 Å². The summed E-state index contributed by atoms with van der Waals surface area (Å²) in [4.78, 5) is 29.1. The van der Waals surface area contributed by atoms with Crippen LogP contribution in [0.2, 0.25) is 0 Å². The Bertz CT molecular complexity index is 762. The molecule has 0 bridgehead atoms. The second-order valence-corrected chi connectivity index (χ2v) is 5.22. The van der Waals surface area contributed by atoms with E-state index in [1.807, 2.05) is 19.1 Å². The van der Waals surface area contributed by atoms with E-state index in [0.717, 1.165) is 17.0 Å². The molecule has 3 heterocycles. The van der Waals surface area contributed by atoms with Gasteiger partial charge in [0.1, 0.15) is 0 Å². The van der Waals surface area contributed by atoms with Gasteiger partial charge in [-0.2, -0.15) is 0 Å². The molecule has 22 heavy (non-hydrogen) atoms. The maximum Gasteiger partial charge on any atom is 0.519 e. The number of hydrogen-bond acceptors (Lipinski definition) is 6. The lowest BCUT2D eigenvalue weighted by atomic mass is 10.1. The predicted molar refractivity (Wildman–Crippen MR) is 75.3 cm³/mol. The first kappa shape index (κ1) is 14.4. The monoisotopic (exact) mass is 304 g/mol. The number of carbonyl (C=O) groups is 1. The second kappa shape index (κ2) is 5.67. The number of rotatable bonds is 2. The SMILES string of the molecule is Cc1ccc2c(n1)CCN(C(=O)OCc1oc(=O)oc1C)C2. The molecule has 2 aromatic heterocycles. The zero-order valence-electron chi connectivity index (χ0n) is 12.4. The van der Waals surface area contributed by atoms with Crippen LogP contribution in [0.15, 0.2) is 25.8 Å². The molecule has 116 valence electrons. The zero-order chi connectivity index (χ0) is 15.7. The third-order valence-electron chi connectivity index (χ3n) is 3.61. The molecule has 0 saturated heterocycles. The van der Waals surface area contributed by atoms with Crippen LogP contribution < -0.4 is 5.82 Å². The normalized spacial score (nSPS) is 13.8. The van der Waals surface area contributed by atoms with Gasteiger partial charge < -0.3 is 18.5 Å². The number of nitrogens with zero attached hydrogens (tertiary/aromatic N) is 2. The van der Waals surface area contributed by atoms with Crippen molar-refractivity contribution in [2.75, 3.05) is 6.54 Å². The van der Waals surface area contributed by atoms with E-state index in [1.54, 1.807) is 11.8 Å². The van der Waals surface area contributed by atoms with E-state index >= 15 is 0 Å². The van der Waals surface area contributed by atoms with E-state index in [4.69, 9.17) is 13.6 Å². The lowest BCUT2D eigenvalue weighted by Crippen LogP contribution is -2.36. The smallest absolute Gasteiger partial charge is 0.441 e. The molecule has 0 spiro atoms. The Morgan fingerprint density at radius 1 is 1.36 bits per heavy atom. The average molecular weight is 304 g/mol. The van der Waals surface area contributed by atoms with E-state index in [2.05, 4.69) is 4.98 Å². The molecule has 1 amide bonds. The van der Waals surface area contributed by atoms with Crippen LogP contribution in [-0.2, 0) is 24.3 Å². The zero-order valence-corrected chi connectivity index (χ0v) is 12.4. The third kappa shape index (κ3) is 2.88. The molecule has 1 aliphatic heterocycles. The first-order valence-electron chi connectivity index (χ1n) is 6.99. The molecule has 0 N–H and O–H groups in total. The molecule has 0 fully saturated rings. The van der Waals surface area contributed by atoms with Gasteiger partial charge in [0.15, 0.2) is 18.1 Å². The molecule has 0 radical (unpaired) electrons. The molecule has 7 nitrogen and oxygen atoms in total. The van der Waals surface area contributed by atoms with Gasteiger partial charge in [-0.15, -0.1) is 0 Å². The largest absolute Gasteiger partial charge is 0.519 e. The molecular weight excluding hydrogens is 288 g/mol. The number of fused-ring (bicyclic) bond motifs is 1. The summed E-state index contributed by atoms with van der Waals surface area (Å²) in [6.45, 7) is 4.43. The van der Waals surface area contributed by atoms with Crippen LogP contribution in [0.25, 0.3) is 0 Å². The second-order valence-electron chi connectivity index (χ2n) is 5.22. The molecule has 0 aromatic carbocycles. The Kier molecular flexibility index (Phi) is 3.70.